The molecule has 0 spiro atoms. The van der Waals surface area contributed by atoms with E-state index in [1.54, 1.807) is 11.3 Å². The molecular weight excluding hydrogens is 208 g/mol. The molecule has 0 bridgehead atoms. The van der Waals surface area contributed by atoms with Crippen LogP contribution in [-0.4, -0.2) is 34.2 Å². The minimum Gasteiger partial charge on any atom is -0.390 e. The fourth-order valence-corrected chi connectivity index (χ4v) is 2.65. The van der Waals surface area contributed by atoms with Gasteiger partial charge in [-0.1, -0.05) is 20.8 Å². The zero-order valence-corrected chi connectivity index (χ0v) is 10.3. The lowest BCUT2D eigenvalue weighted by atomic mass is 9.93. The molecule has 1 N–H and O–H groups in total. The molecule has 1 aromatic rings. The first-order valence-electron chi connectivity index (χ1n) is 5.30. The highest BCUT2D eigenvalue weighted by atomic mass is 32.1. The van der Waals surface area contributed by atoms with E-state index in [1.165, 1.54) is 5.69 Å². The summed E-state index contributed by atoms with van der Waals surface area (Å²) in [6.45, 7) is 9.02. The number of likely N-dealkylation sites (tertiary alicyclic amines) is 1. The predicted molar refractivity (Wildman–Crippen MR) is 62.1 cm³/mol. The van der Waals surface area contributed by atoms with Crippen LogP contribution < -0.4 is 0 Å². The highest BCUT2D eigenvalue weighted by molar-refractivity contribution is 7.09. The fourth-order valence-electron chi connectivity index (χ4n) is 1.59. The molecule has 1 fully saturated rings. The first kappa shape index (κ1) is 11.0. The van der Waals surface area contributed by atoms with Gasteiger partial charge in [0, 0.05) is 23.9 Å². The van der Waals surface area contributed by atoms with Gasteiger partial charge in [0.25, 0.3) is 0 Å². The number of aliphatic hydroxyl groups excluding tert-OH is 1. The summed E-state index contributed by atoms with van der Waals surface area (Å²) in [7, 11) is 0. The number of β-amino-alcohol motifs (C(OH)–C–C–N with tert-alkyl or cyclic N) is 1. The Kier molecular flexibility index (Phi) is 2.83. The first-order chi connectivity index (χ1) is 6.95. The molecule has 0 aromatic carbocycles. The number of aromatic nitrogens is 1. The van der Waals surface area contributed by atoms with Crippen molar-refractivity contribution in [3.63, 3.8) is 0 Å². The molecule has 4 heteroatoms. The molecule has 2 rings (SSSR count). The Morgan fingerprint density at radius 3 is 2.67 bits per heavy atom. The number of nitrogens with zero attached hydrogens (tertiary/aromatic N) is 2. The Balaban J connectivity index is 1.96. The van der Waals surface area contributed by atoms with Gasteiger partial charge in [0.15, 0.2) is 0 Å². The molecule has 0 aliphatic carbocycles. The quantitative estimate of drug-likeness (QED) is 0.832. The molecule has 15 heavy (non-hydrogen) atoms. The molecule has 3 nitrogen and oxygen atoms in total. The van der Waals surface area contributed by atoms with Crippen LogP contribution >= 0.6 is 11.3 Å². The van der Waals surface area contributed by atoms with Gasteiger partial charge < -0.3 is 5.11 Å². The second-order valence-electron chi connectivity index (χ2n) is 5.22. The zero-order valence-electron chi connectivity index (χ0n) is 9.53. The van der Waals surface area contributed by atoms with Gasteiger partial charge >= 0.3 is 0 Å². The monoisotopic (exact) mass is 226 g/mol. The van der Waals surface area contributed by atoms with Gasteiger partial charge in [-0.25, -0.2) is 4.98 Å². The van der Waals surface area contributed by atoms with E-state index in [1.807, 2.05) is 0 Å². The molecule has 1 aliphatic rings. The molecule has 1 aromatic heterocycles. The largest absolute Gasteiger partial charge is 0.390 e. The zero-order chi connectivity index (χ0) is 11.1. The summed E-state index contributed by atoms with van der Waals surface area (Å²) in [6.07, 6.45) is -0.118. The van der Waals surface area contributed by atoms with Gasteiger partial charge in [0.1, 0.15) is 5.01 Å². The van der Waals surface area contributed by atoms with E-state index in [0.29, 0.717) is 0 Å². The van der Waals surface area contributed by atoms with Crippen LogP contribution in [0, 0.1) is 0 Å². The SMILES string of the molecule is CC(C)(C)c1csc(CN2CC(O)C2)n1. The lowest BCUT2D eigenvalue weighted by Crippen LogP contribution is -2.49. The molecule has 0 radical (unpaired) electrons. The Labute approximate surface area is 94.8 Å². The van der Waals surface area contributed by atoms with Gasteiger partial charge in [0.05, 0.1) is 18.3 Å². The first-order valence-corrected chi connectivity index (χ1v) is 6.18. The summed E-state index contributed by atoms with van der Waals surface area (Å²) in [6, 6.07) is 0. The summed E-state index contributed by atoms with van der Waals surface area (Å²) < 4.78 is 0. The molecule has 0 amide bonds. The van der Waals surface area contributed by atoms with E-state index in [-0.39, 0.29) is 11.5 Å². The average Bonchev–Trinajstić information content (AvgIpc) is 2.49. The maximum Gasteiger partial charge on any atom is 0.107 e. The lowest BCUT2D eigenvalue weighted by molar-refractivity contribution is -0.00292. The summed E-state index contributed by atoms with van der Waals surface area (Å²) in [4.78, 5) is 6.84. The summed E-state index contributed by atoms with van der Waals surface area (Å²) in [5.41, 5.74) is 1.31. The Morgan fingerprint density at radius 1 is 1.53 bits per heavy atom. The van der Waals surface area contributed by atoms with Crippen LogP contribution in [0.2, 0.25) is 0 Å². The molecular formula is C11H18N2OS. The fraction of sp³-hybridized carbons (Fsp3) is 0.727. The Bertz CT molecular complexity index is 337. The van der Waals surface area contributed by atoms with E-state index in [2.05, 4.69) is 36.0 Å². The van der Waals surface area contributed by atoms with Crippen LogP contribution in [0.1, 0.15) is 31.5 Å². The van der Waals surface area contributed by atoms with Crippen LogP contribution in [0.3, 0.4) is 0 Å². The maximum atomic E-state index is 9.17. The van der Waals surface area contributed by atoms with Crippen LogP contribution in [0.4, 0.5) is 0 Å². The highest BCUT2D eigenvalue weighted by Gasteiger charge is 2.25. The summed E-state index contributed by atoms with van der Waals surface area (Å²) >= 11 is 1.72. The normalized spacial score (nSPS) is 19.2. The number of hydrogen-bond donors (Lipinski definition) is 1. The third kappa shape index (κ3) is 2.56. The van der Waals surface area contributed by atoms with Gasteiger partial charge in [-0.15, -0.1) is 11.3 Å². The lowest BCUT2D eigenvalue weighted by Gasteiger charge is -2.34. The molecule has 1 aliphatic heterocycles. The van der Waals surface area contributed by atoms with Gasteiger partial charge in [-0.2, -0.15) is 0 Å². The van der Waals surface area contributed by atoms with Crippen molar-refractivity contribution in [2.45, 2.75) is 38.8 Å². The highest BCUT2D eigenvalue weighted by Crippen LogP contribution is 2.25. The smallest absolute Gasteiger partial charge is 0.107 e. The van der Waals surface area contributed by atoms with Crippen molar-refractivity contribution < 1.29 is 5.11 Å². The van der Waals surface area contributed by atoms with Crippen LogP contribution in [0.25, 0.3) is 0 Å². The van der Waals surface area contributed by atoms with Crippen molar-refractivity contribution in [2.75, 3.05) is 13.1 Å². The minimum atomic E-state index is -0.118. The predicted octanol–water partition coefficient (Wildman–Crippen LogP) is 1.62. The molecule has 1 saturated heterocycles. The van der Waals surface area contributed by atoms with E-state index < -0.39 is 0 Å². The van der Waals surface area contributed by atoms with Gasteiger partial charge in [-0.05, 0) is 0 Å². The Morgan fingerprint density at radius 2 is 2.20 bits per heavy atom. The molecule has 0 saturated carbocycles. The summed E-state index contributed by atoms with van der Waals surface area (Å²) in [5, 5.41) is 12.5. The second-order valence-corrected chi connectivity index (χ2v) is 6.17. The molecule has 84 valence electrons. The van der Waals surface area contributed by atoms with Crippen molar-refractivity contribution in [3.8, 4) is 0 Å². The van der Waals surface area contributed by atoms with Crippen molar-refractivity contribution in [1.29, 1.82) is 0 Å². The second kappa shape index (κ2) is 3.85. The number of hydrogen-bond acceptors (Lipinski definition) is 4. The van der Waals surface area contributed by atoms with Crippen molar-refractivity contribution >= 4 is 11.3 Å². The third-order valence-corrected chi connectivity index (χ3v) is 3.45. The van der Waals surface area contributed by atoms with E-state index in [9.17, 15) is 5.11 Å². The molecule has 2 heterocycles. The van der Waals surface area contributed by atoms with E-state index in [4.69, 9.17) is 0 Å². The van der Waals surface area contributed by atoms with Gasteiger partial charge in [0.2, 0.25) is 0 Å². The minimum absolute atomic E-state index is 0.118. The van der Waals surface area contributed by atoms with Crippen molar-refractivity contribution in [2.24, 2.45) is 0 Å². The number of rotatable bonds is 2. The van der Waals surface area contributed by atoms with Crippen LogP contribution in [0.15, 0.2) is 5.38 Å². The topological polar surface area (TPSA) is 36.4 Å². The van der Waals surface area contributed by atoms with Crippen LogP contribution in [0.5, 0.6) is 0 Å². The standard InChI is InChI=1S/C11H18N2OS/c1-11(2,3)9-7-15-10(12-9)6-13-4-8(14)5-13/h7-8,14H,4-6H2,1-3H3. The van der Waals surface area contributed by atoms with Crippen molar-refractivity contribution in [3.05, 3.63) is 16.1 Å². The van der Waals surface area contributed by atoms with E-state index in [0.717, 1.165) is 24.6 Å². The number of aliphatic hydroxyl groups is 1. The van der Waals surface area contributed by atoms with Crippen LogP contribution in [-0.2, 0) is 12.0 Å². The molecule has 0 unspecified atom stereocenters. The van der Waals surface area contributed by atoms with E-state index >= 15 is 0 Å². The number of thiazole rings is 1. The van der Waals surface area contributed by atoms with Crippen molar-refractivity contribution in [1.82, 2.24) is 9.88 Å². The average molecular weight is 226 g/mol. The van der Waals surface area contributed by atoms with Gasteiger partial charge in [-0.3, -0.25) is 4.90 Å². The summed E-state index contributed by atoms with van der Waals surface area (Å²) in [5.74, 6) is 0. The maximum absolute atomic E-state index is 9.17. The molecule has 0 atom stereocenters. The third-order valence-electron chi connectivity index (χ3n) is 2.62. The Hall–Kier alpha value is -0.450.